The van der Waals surface area contributed by atoms with Crippen LogP contribution in [0.1, 0.15) is 10.4 Å². The van der Waals surface area contributed by atoms with Gasteiger partial charge in [0.15, 0.2) is 0 Å². The first-order valence-corrected chi connectivity index (χ1v) is 5.05. The van der Waals surface area contributed by atoms with E-state index >= 15 is 0 Å². The monoisotopic (exact) mass is 223 g/mol. The van der Waals surface area contributed by atoms with Crippen molar-refractivity contribution in [3.63, 3.8) is 0 Å². The van der Waals surface area contributed by atoms with E-state index in [0.29, 0.717) is 11.3 Å². The maximum atomic E-state index is 11.8. The van der Waals surface area contributed by atoms with Crippen LogP contribution in [0.4, 0.5) is 5.69 Å². The van der Waals surface area contributed by atoms with E-state index in [1.54, 1.807) is 48.5 Å². The van der Waals surface area contributed by atoms with Crippen LogP contribution in [0, 0.1) is 6.57 Å². The second kappa shape index (κ2) is 4.95. The lowest BCUT2D eigenvalue weighted by Gasteiger charge is -2.05. The van der Waals surface area contributed by atoms with E-state index in [1.165, 1.54) is 0 Å². The Kier molecular flexibility index (Phi) is 3.18. The maximum absolute atomic E-state index is 11.8. The summed E-state index contributed by atoms with van der Waals surface area (Å²) in [6.07, 6.45) is 0. The minimum Gasteiger partial charge on any atom is -0.435 e. The molecule has 82 valence electrons. The molecular weight excluding hydrogens is 214 g/mol. The molecule has 0 fully saturated rings. The van der Waals surface area contributed by atoms with Crippen molar-refractivity contribution in [2.45, 2.75) is 0 Å². The van der Waals surface area contributed by atoms with Gasteiger partial charge in [-0.15, -0.1) is 0 Å². The van der Waals surface area contributed by atoms with Crippen LogP contribution >= 0.6 is 0 Å². The number of esters is 1. The van der Waals surface area contributed by atoms with Crippen LogP contribution in [-0.2, 0) is 0 Å². The Hall–Kier alpha value is -2.60. The van der Waals surface area contributed by atoms with Crippen molar-refractivity contribution in [3.05, 3.63) is 71.6 Å². The highest BCUT2D eigenvalue weighted by Gasteiger charge is 2.10. The Morgan fingerprint density at radius 2 is 1.65 bits per heavy atom. The summed E-state index contributed by atoms with van der Waals surface area (Å²) < 4.78 is 5.17. The van der Waals surface area contributed by atoms with Gasteiger partial charge >= 0.3 is 5.97 Å². The van der Waals surface area contributed by atoms with Gasteiger partial charge in [-0.1, -0.05) is 36.4 Å². The fourth-order valence-corrected chi connectivity index (χ4v) is 1.37. The summed E-state index contributed by atoms with van der Waals surface area (Å²) in [5, 5.41) is 0. The SMILES string of the molecule is [C-]#[N+]c1ccccc1OC(=O)c1ccccc1. The third-order valence-corrected chi connectivity index (χ3v) is 2.20. The predicted octanol–water partition coefficient (Wildman–Crippen LogP) is 3.46. The lowest BCUT2D eigenvalue weighted by Crippen LogP contribution is -2.07. The summed E-state index contributed by atoms with van der Waals surface area (Å²) in [5.41, 5.74) is 0.795. The average molecular weight is 223 g/mol. The molecule has 0 N–H and O–H groups in total. The van der Waals surface area contributed by atoms with E-state index in [9.17, 15) is 4.79 Å². The molecule has 0 aliphatic heterocycles. The summed E-state index contributed by atoms with van der Waals surface area (Å²) in [6.45, 7) is 6.97. The number of para-hydroxylation sites is 2. The van der Waals surface area contributed by atoms with Crippen molar-refractivity contribution in [1.29, 1.82) is 0 Å². The Bertz CT molecular complexity index is 570. The molecule has 3 nitrogen and oxygen atoms in total. The Morgan fingerprint density at radius 1 is 1.00 bits per heavy atom. The van der Waals surface area contributed by atoms with Crippen LogP contribution in [0.2, 0.25) is 0 Å². The number of carbonyl (C=O) groups is 1. The number of nitrogens with zero attached hydrogens (tertiary/aromatic N) is 1. The lowest BCUT2D eigenvalue weighted by molar-refractivity contribution is 0.0736. The maximum Gasteiger partial charge on any atom is 0.342 e. The lowest BCUT2D eigenvalue weighted by atomic mass is 10.2. The highest BCUT2D eigenvalue weighted by Crippen LogP contribution is 2.27. The molecule has 2 rings (SSSR count). The minimum atomic E-state index is -0.457. The summed E-state index contributed by atoms with van der Waals surface area (Å²) in [7, 11) is 0. The number of hydrogen-bond acceptors (Lipinski definition) is 2. The summed E-state index contributed by atoms with van der Waals surface area (Å²) in [6, 6.07) is 15.4. The van der Waals surface area contributed by atoms with Crippen LogP contribution in [0.15, 0.2) is 54.6 Å². The number of carbonyl (C=O) groups excluding carboxylic acids is 1. The Labute approximate surface area is 99.1 Å². The number of hydrogen-bond donors (Lipinski definition) is 0. The van der Waals surface area contributed by atoms with Gasteiger partial charge in [0.05, 0.1) is 12.1 Å². The van der Waals surface area contributed by atoms with Gasteiger partial charge < -0.3 is 4.74 Å². The third kappa shape index (κ3) is 2.50. The largest absolute Gasteiger partial charge is 0.435 e. The highest BCUT2D eigenvalue weighted by molar-refractivity contribution is 5.91. The molecule has 0 heterocycles. The molecule has 17 heavy (non-hydrogen) atoms. The minimum absolute atomic E-state index is 0.288. The van der Waals surface area contributed by atoms with E-state index in [4.69, 9.17) is 11.3 Å². The molecule has 0 unspecified atom stereocenters. The zero-order chi connectivity index (χ0) is 12.1. The van der Waals surface area contributed by atoms with Crippen molar-refractivity contribution < 1.29 is 9.53 Å². The molecule has 0 aromatic heterocycles. The molecule has 0 saturated heterocycles. The molecule has 0 spiro atoms. The van der Waals surface area contributed by atoms with Crippen LogP contribution < -0.4 is 4.74 Å². The van der Waals surface area contributed by atoms with Crippen LogP contribution in [-0.4, -0.2) is 5.97 Å². The molecule has 0 aliphatic rings. The Morgan fingerprint density at radius 3 is 2.35 bits per heavy atom. The normalized spacial score (nSPS) is 9.35. The summed E-state index contributed by atoms with van der Waals surface area (Å²) in [4.78, 5) is 15.0. The molecule has 3 heteroatoms. The van der Waals surface area contributed by atoms with Gasteiger partial charge in [0.2, 0.25) is 5.69 Å². The molecule has 0 amide bonds. The molecule has 0 saturated carbocycles. The first kappa shape index (κ1) is 10.9. The topological polar surface area (TPSA) is 30.7 Å². The van der Waals surface area contributed by atoms with Gasteiger partial charge in [0.1, 0.15) is 5.75 Å². The number of rotatable bonds is 2. The third-order valence-electron chi connectivity index (χ3n) is 2.20. The van der Waals surface area contributed by atoms with Gasteiger partial charge in [-0.3, -0.25) is 0 Å². The van der Waals surface area contributed by atoms with Crippen molar-refractivity contribution >= 4 is 11.7 Å². The Balaban J connectivity index is 2.23. The molecule has 0 radical (unpaired) electrons. The quantitative estimate of drug-likeness (QED) is 0.443. The van der Waals surface area contributed by atoms with Crippen LogP contribution in [0.25, 0.3) is 4.85 Å². The molecule has 0 atom stereocenters. The van der Waals surface area contributed by atoms with Gasteiger partial charge in [-0.2, -0.15) is 0 Å². The fourth-order valence-electron chi connectivity index (χ4n) is 1.37. The molecule has 0 bridgehead atoms. The molecule has 2 aromatic rings. The highest BCUT2D eigenvalue weighted by atomic mass is 16.5. The smallest absolute Gasteiger partial charge is 0.342 e. The number of benzene rings is 2. The van der Waals surface area contributed by atoms with Gasteiger partial charge in [0.25, 0.3) is 0 Å². The fraction of sp³-hybridized carbons (Fsp3) is 0. The first-order chi connectivity index (χ1) is 8.31. The van der Waals surface area contributed by atoms with Crippen molar-refractivity contribution in [1.82, 2.24) is 0 Å². The second-order valence-corrected chi connectivity index (χ2v) is 3.34. The number of ether oxygens (including phenoxy) is 1. The average Bonchev–Trinajstić information content (AvgIpc) is 2.40. The van der Waals surface area contributed by atoms with E-state index in [2.05, 4.69) is 4.85 Å². The summed E-state index contributed by atoms with van der Waals surface area (Å²) >= 11 is 0. The van der Waals surface area contributed by atoms with E-state index in [1.807, 2.05) is 6.07 Å². The van der Waals surface area contributed by atoms with Gasteiger partial charge in [-0.25, -0.2) is 9.64 Å². The van der Waals surface area contributed by atoms with E-state index in [-0.39, 0.29) is 5.75 Å². The van der Waals surface area contributed by atoms with Crippen LogP contribution in [0.5, 0.6) is 5.75 Å². The molecule has 2 aromatic carbocycles. The molecule has 0 aliphatic carbocycles. The van der Waals surface area contributed by atoms with Gasteiger partial charge in [-0.05, 0) is 18.2 Å². The second-order valence-electron chi connectivity index (χ2n) is 3.34. The molecular formula is C14H9NO2. The van der Waals surface area contributed by atoms with E-state index < -0.39 is 5.97 Å². The van der Waals surface area contributed by atoms with Crippen LogP contribution in [0.3, 0.4) is 0 Å². The summed E-state index contributed by atoms with van der Waals surface area (Å²) in [5.74, 6) is -0.168. The predicted molar refractivity (Wildman–Crippen MR) is 64.1 cm³/mol. The first-order valence-electron chi connectivity index (χ1n) is 5.05. The zero-order valence-corrected chi connectivity index (χ0v) is 8.96. The van der Waals surface area contributed by atoms with E-state index in [0.717, 1.165) is 0 Å². The van der Waals surface area contributed by atoms with Crippen molar-refractivity contribution in [2.75, 3.05) is 0 Å². The van der Waals surface area contributed by atoms with Crippen molar-refractivity contribution in [3.8, 4) is 5.75 Å². The van der Waals surface area contributed by atoms with Gasteiger partial charge in [0, 0.05) is 0 Å². The standard InChI is InChI=1S/C14H9NO2/c1-15-12-9-5-6-10-13(12)17-14(16)11-7-3-2-4-8-11/h2-10H. The zero-order valence-electron chi connectivity index (χ0n) is 8.96. The van der Waals surface area contributed by atoms with Crippen molar-refractivity contribution in [2.24, 2.45) is 0 Å².